The minimum absolute atomic E-state index is 0.873. The lowest BCUT2D eigenvalue weighted by atomic mass is 9.87. The summed E-state index contributed by atoms with van der Waals surface area (Å²) < 4.78 is 3.12. The Morgan fingerprint density at radius 3 is 2.50 bits per heavy atom. The summed E-state index contributed by atoms with van der Waals surface area (Å²) in [4.78, 5) is 1.70. The fraction of sp³-hybridized carbons (Fsp3) is 0.571. The molecule has 0 nitrogen and oxygen atoms in total. The molecule has 86 valence electrons. The van der Waals surface area contributed by atoms with Crippen molar-refractivity contribution in [3.05, 3.63) is 21.4 Å². The maximum absolute atomic E-state index is 2.33. The normalized spacial score (nSPS) is 18.4. The number of hydrogen-bond donors (Lipinski definition) is 0. The molecule has 0 radical (unpaired) electrons. The highest BCUT2D eigenvalue weighted by atomic mass is 32.1. The molecule has 2 heterocycles. The lowest BCUT2D eigenvalue weighted by Crippen LogP contribution is -2.03. The smallest absolute Gasteiger partial charge is 0.0485 e. The fourth-order valence-corrected chi connectivity index (χ4v) is 5.59. The summed E-state index contributed by atoms with van der Waals surface area (Å²) in [6.07, 6.45) is 7.18. The third kappa shape index (κ3) is 1.63. The maximum Gasteiger partial charge on any atom is 0.0485 e. The van der Waals surface area contributed by atoms with E-state index in [1.807, 2.05) is 11.3 Å². The van der Waals surface area contributed by atoms with Crippen LogP contribution in [0.5, 0.6) is 0 Å². The van der Waals surface area contributed by atoms with Crippen molar-refractivity contribution in [1.82, 2.24) is 0 Å². The molecule has 0 bridgehead atoms. The zero-order valence-electron chi connectivity index (χ0n) is 10.0. The molecule has 1 aliphatic rings. The molecule has 0 N–H and O–H groups in total. The molecule has 3 rings (SSSR count). The van der Waals surface area contributed by atoms with E-state index >= 15 is 0 Å². The summed E-state index contributed by atoms with van der Waals surface area (Å²) in [6, 6.07) is 0. The van der Waals surface area contributed by atoms with Crippen LogP contribution in [0.1, 0.15) is 54.0 Å². The predicted molar refractivity (Wildman–Crippen MR) is 75.0 cm³/mol. The summed E-state index contributed by atoms with van der Waals surface area (Å²) >= 11 is 4.01. The van der Waals surface area contributed by atoms with Gasteiger partial charge < -0.3 is 0 Å². The topological polar surface area (TPSA) is 0 Å². The summed E-state index contributed by atoms with van der Waals surface area (Å²) in [5, 5.41) is 2.30. The van der Waals surface area contributed by atoms with Crippen molar-refractivity contribution in [2.75, 3.05) is 0 Å². The number of aryl methyl sites for hydroxylation is 2. The van der Waals surface area contributed by atoms with E-state index in [1.165, 1.54) is 37.7 Å². The first kappa shape index (κ1) is 10.8. The minimum atomic E-state index is 0.873. The van der Waals surface area contributed by atoms with Gasteiger partial charge in [0.15, 0.2) is 0 Å². The van der Waals surface area contributed by atoms with Gasteiger partial charge in [-0.15, -0.1) is 22.7 Å². The molecule has 2 aromatic heterocycles. The molecular weight excluding hydrogens is 232 g/mol. The molecule has 2 heteroatoms. The Kier molecular flexibility index (Phi) is 2.80. The Morgan fingerprint density at radius 1 is 1.06 bits per heavy atom. The van der Waals surface area contributed by atoms with E-state index in [4.69, 9.17) is 0 Å². The van der Waals surface area contributed by atoms with Crippen LogP contribution in [0, 0.1) is 13.8 Å². The SMILES string of the molecule is Cc1csc2c(C)c(C3CCCCC3)sc12. The van der Waals surface area contributed by atoms with Crippen molar-refractivity contribution in [3.8, 4) is 0 Å². The van der Waals surface area contributed by atoms with Crippen molar-refractivity contribution in [2.24, 2.45) is 0 Å². The molecule has 0 unspecified atom stereocenters. The number of thiophene rings is 2. The van der Waals surface area contributed by atoms with Crippen LogP contribution in [-0.2, 0) is 0 Å². The number of fused-ring (bicyclic) bond motifs is 1. The van der Waals surface area contributed by atoms with E-state index in [1.54, 1.807) is 19.8 Å². The molecule has 0 aliphatic heterocycles. The molecule has 2 aromatic rings. The number of hydrogen-bond acceptors (Lipinski definition) is 2. The van der Waals surface area contributed by atoms with E-state index < -0.39 is 0 Å². The zero-order chi connectivity index (χ0) is 11.1. The lowest BCUT2D eigenvalue weighted by molar-refractivity contribution is 0.447. The van der Waals surface area contributed by atoms with Gasteiger partial charge in [-0.3, -0.25) is 0 Å². The van der Waals surface area contributed by atoms with Crippen LogP contribution in [-0.4, -0.2) is 0 Å². The molecule has 1 aliphatic carbocycles. The largest absolute Gasteiger partial charge is 0.142 e. The van der Waals surface area contributed by atoms with E-state index in [0.717, 1.165) is 5.92 Å². The van der Waals surface area contributed by atoms with Crippen LogP contribution in [0.3, 0.4) is 0 Å². The second-order valence-electron chi connectivity index (χ2n) is 5.00. The first-order chi connectivity index (χ1) is 7.77. The number of rotatable bonds is 1. The summed E-state index contributed by atoms with van der Waals surface area (Å²) in [5.74, 6) is 0.873. The minimum Gasteiger partial charge on any atom is -0.142 e. The van der Waals surface area contributed by atoms with Crippen LogP contribution in [0.4, 0.5) is 0 Å². The Morgan fingerprint density at radius 2 is 1.81 bits per heavy atom. The van der Waals surface area contributed by atoms with Gasteiger partial charge in [-0.25, -0.2) is 0 Å². The molecule has 0 spiro atoms. The van der Waals surface area contributed by atoms with Gasteiger partial charge in [0.25, 0.3) is 0 Å². The van der Waals surface area contributed by atoms with Crippen molar-refractivity contribution in [2.45, 2.75) is 51.9 Å². The fourth-order valence-electron chi connectivity index (χ4n) is 2.87. The van der Waals surface area contributed by atoms with Crippen molar-refractivity contribution < 1.29 is 0 Å². The van der Waals surface area contributed by atoms with Gasteiger partial charge in [-0.05, 0) is 49.1 Å². The van der Waals surface area contributed by atoms with Crippen molar-refractivity contribution >= 4 is 32.1 Å². The third-order valence-electron chi connectivity index (χ3n) is 3.82. The van der Waals surface area contributed by atoms with Crippen molar-refractivity contribution in [3.63, 3.8) is 0 Å². The standard InChI is InChI=1S/C14H18S2/c1-9-8-15-14-10(2)13(16-12(9)14)11-6-4-3-5-7-11/h8,11H,3-7H2,1-2H3. The predicted octanol–water partition coefficient (Wildman–Crippen LogP) is 5.63. The van der Waals surface area contributed by atoms with Crippen LogP contribution >= 0.6 is 22.7 Å². The van der Waals surface area contributed by atoms with Crippen LogP contribution in [0.2, 0.25) is 0 Å². The Hall–Kier alpha value is -0.340. The molecule has 0 saturated heterocycles. The zero-order valence-corrected chi connectivity index (χ0v) is 11.6. The van der Waals surface area contributed by atoms with Gasteiger partial charge in [0, 0.05) is 14.3 Å². The van der Waals surface area contributed by atoms with E-state index in [-0.39, 0.29) is 0 Å². The molecular formula is C14H18S2. The molecule has 0 amide bonds. The van der Waals surface area contributed by atoms with Gasteiger partial charge in [-0.2, -0.15) is 0 Å². The van der Waals surface area contributed by atoms with Gasteiger partial charge in [0.1, 0.15) is 0 Å². The molecule has 0 aromatic carbocycles. The van der Waals surface area contributed by atoms with Crippen LogP contribution in [0.25, 0.3) is 9.40 Å². The highest BCUT2D eigenvalue weighted by molar-refractivity contribution is 7.27. The highest BCUT2D eigenvalue weighted by Gasteiger charge is 2.21. The average molecular weight is 250 g/mol. The second kappa shape index (κ2) is 4.15. The molecule has 1 fully saturated rings. The molecule has 0 atom stereocenters. The second-order valence-corrected chi connectivity index (χ2v) is 6.94. The summed E-state index contributed by atoms with van der Waals surface area (Å²) in [6.45, 7) is 4.58. The first-order valence-electron chi connectivity index (χ1n) is 6.24. The third-order valence-corrected chi connectivity index (χ3v) is 6.75. The van der Waals surface area contributed by atoms with Gasteiger partial charge >= 0.3 is 0 Å². The monoisotopic (exact) mass is 250 g/mol. The quantitative estimate of drug-likeness (QED) is 0.615. The average Bonchev–Trinajstić information content (AvgIpc) is 2.83. The van der Waals surface area contributed by atoms with Gasteiger partial charge in [-0.1, -0.05) is 19.3 Å². The van der Waals surface area contributed by atoms with Gasteiger partial charge in [0.2, 0.25) is 0 Å². The van der Waals surface area contributed by atoms with Crippen molar-refractivity contribution in [1.29, 1.82) is 0 Å². The lowest BCUT2D eigenvalue weighted by Gasteiger charge is -2.21. The van der Waals surface area contributed by atoms with E-state index in [9.17, 15) is 0 Å². The Labute approximate surface area is 105 Å². The summed E-state index contributed by atoms with van der Waals surface area (Å²) in [7, 11) is 0. The van der Waals surface area contributed by atoms with E-state index in [0.29, 0.717) is 0 Å². The summed E-state index contributed by atoms with van der Waals surface area (Å²) in [5.41, 5.74) is 3.07. The highest BCUT2D eigenvalue weighted by Crippen LogP contribution is 2.44. The molecule has 16 heavy (non-hydrogen) atoms. The van der Waals surface area contributed by atoms with Crippen LogP contribution < -0.4 is 0 Å². The Bertz CT molecular complexity index is 498. The molecule has 1 saturated carbocycles. The maximum atomic E-state index is 2.33. The first-order valence-corrected chi connectivity index (χ1v) is 7.94. The Balaban J connectivity index is 2.05. The van der Waals surface area contributed by atoms with E-state index in [2.05, 4.69) is 30.6 Å². The van der Waals surface area contributed by atoms with Crippen LogP contribution in [0.15, 0.2) is 5.38 Å². The van der Waals surface area contributed by atoms with Gasteiger partial charge in [0.05, 0.1) is 0 Å².